The summed E-state index contributed by atoms with van der Waals surface area (Å²) in [5.74, 6) is 0. The molecule has 3 N–H and O–H groups in total. The number of aryl methyl sites for hydroxylation is 1. The number of rotatable bonds is 3. The van der Waals surface area contributed by atoms with Crippen molar-refractivity contribution >= 4 is 22.7 Å². The molecule has 0 aliphatic heterocycles. The zero-order valence-corrected chi connectivity index (χ0v) is 9.88. The van der Waals surface area contributed by atoms with Crippen molar-refractivity contribution in [3.63, 3.8) is 0 Å². The molecule has 0 aromatic heterocycles. The van der Waals surface area contributed by atoms with E-state index in [0.717, 1.165) is 16.9 Å². The number of nitro groups is 1. The summed E-state index contributed by atoms with van der Waals surface area (Å²) >= 11 is 0. The molecule has 2 rings (SSSR count). The molecule has 0 saturated carbocycles. The Morgan fingerprint density at radius 1 is 1.22 bits per heavy atom. The Hall–Kier alpha value is -2.56. The largest absolute Gasteiger partial charge is 0.399 e. The van der Waals surface area contributed by atoms with Crippen molar-refractivity contribution in [3.05, 3.63) is 58.1 Å². The summed E-state index contributed by atoms with van der Waals surface area (Å²) in [6, 6.07) is 12.0. The van der Waals surface area contributed by atoms with E-state index in [-0.39, 0.29) is 5.69 Å². The second-order valence-corrected chi connectivity index (χ2v) is 4.01. The Labute approximate surface area is 104 Å². The molecule has 0 atom stereocenters. The molecule has 0 bridgehead atoms. The average molecular weight is 243 g/mol. The van der Waals surface area contributed by atoms with Gasteiger partial charge in [-0.2, -0.15) is 0 Å². The quantitative estimate of drug-likeness (QED) is 0.492. The second-order valence-electron chi connectivity index (χ2n) is 4.01. The summed E-state index contributed by atoms with van der Waals surface area (Å²) in [5.41, 5.74) is 8.93. The summed E-state index contributed by atoms with van der Waals surface area (Å²) < 4.78 is 0. The Bertz CT molecular complexity index is 597. The normalized spacial score (nSPS) is 10.1. The number of nitrogens with two attached hydrogens (primary N) is 1. The molecule has 2 aromatic carbocycles. The molecule has 0 aliphatic rings. The molecular formula is C13H13N3O2. The third-order valence-corrected chi connectivity index (χ3v) is 2.59. The van der Waals surface area contributed by atoms with Crippen LogP contribution in [0.1, 0.15) is 5.56 Å². The minimum absolute atomic E-state index is 0.0885. The van der Waals surface area contributed by atoms with Crippen molar-refractivity contribution in [2.45, 2.75) is 6.92 Å². The molecule has 0 heterocycles. The van der Waals surface area contributed by atoms with Gasteiger partial charge in [-0.3, -0.25) is 10.1 Å². The van der Waals surface area contributed by atoms with E-state index in [1.807, 2.05) is 19.1 Å². The lowest BCUT2D eigenvalue weighted by Gasteiger charge is -2.09. The van der Waals surface area contributed by atoms with Gasteiger partial charge in [0.05, 0.1) is 4.92 Å². The van der Waals surface area contributed by atoms with E-state index >= 15 is 0 Å². The van der Waals surface area contributed by atoms with Gasteiger partial charge in [0, 0.05) is 29.2 Å². The number of nitrogen functional groups attached to an aromatic ring is 1. The first-order valence-electron chi connectivity index (χ1n) is 5.44. The Morgan fingerprint density at radius 2 is 2.00 bits per heavy atom. The van der Waals surface area contributed by atoms with Crippen molar-refractivity contribution in [1.82, 2.24) is 0 Å². The fourth-order valence-electron chi connectivity index (χ4n) is 1.67. The Morgan fingerprint density at radius 3 is 2.61 bits per heavy atom. The van der Waals surface area contributed by atoms with E-state index in [1.165, 1.54) is 12.1 Å². The molecule has 0 aliphatic carbocycles. The molecular weight excluding hydrogens is 230 g/mol. The Balaban J connectivity index is 2.27. The van der Waals surface area contributed by atoms with Crippen LogP contribution in [0.3, 0.4) is 0 Å². The van der Waals surface area contributed by atoms with Crippen molar-refractivity contribution in [3.8, 4) is 0 Å². The van der Waals surface area contributed by atoms with E-state index < -0.39 is 4.92 Å². The number of non-ortho nitro benzene ring substituents is 1. The predicted octanol–water partition coefficient (Wildman–Crippen LogP) is 3.23. The number of nitrogens with one attached hydrogen (secondary N) is 1. The van der Waals surface area contributed by atoms with Gasteiger partial charge in [-0.25, -0.2) is 0 Å². The Kier molecular flexibility index (Phi) is 3.14. The maximum Gasteiger partial charge on any atom is 0.269 e. The zero-order valence-electron chi connectivity index (χ0n) is 9.88. The number of nitro benzene ring substituents is 1. The maximum atomic E-state index is 10.6. The summed E-state index contributed by atoms with van der Waals surface area (Å²) in [6.45, 7) is 1.82. The molecule has 92 valence electrons. The number of hydrogen-bond acceptors (Lipinski definition) is 4. The molecule has 18 heavy (non-hydrogen) atoms. The number of hydrogen-bond donors (Lipinski definition) is 2. The van der Waals surface area contributed by atoms with Crippen LogP contribution < -0.4 is 11.1 Å². The van der Waals surface area contributed by atoms with Crippen molar-refractivity contribution in [2.24, 2.45) is 0 Å². The number of nitrogens with zero attached hydrogens (tertiary/aromatic N) is 1. The van der Waals surface area contributed by atoms with Crippen LogP contribution in [0.25, 0.3) is 0 Å². The van der Waals surface area contributed by atoms with Gasteiger partial charge >= 0.3 is 0 Å². The first kappa shape index (κ1) is 11.9. The topological polar surface area (TPSA) is 81.2 Å². The SMILES string of the molecule is Cc1cc([N+](=O)[O-])ccc1Nc1cccc(N)c1. The van der Waals surface area contributed by atoms with Gasteiger partial charge < -0.3 is 11.1 Å². The zero-order chi connectivity index (χ0) is 13.1. The van der Waals surface area contributed by atoms with Gasteiger partial charge in [0.15, 0.2) is 0 Å². The highest BCUT2D eigenvalue weighted by Gasteiger charge is 2.07. The highest BCUT2D eigenvalue weighted by Crippen LogP contribution is 2.25. The maximum absolute atomic E-state index is 10.6. The van der Waals surface area contributed by atoms with E-state index in [0.29, 0.717) is 5.69 Å². The van der Waals surface area contributed by atoms with Crippen molar-refractivity contribution in [2.75, 3.05) is 11.1 Å². The summed E-state index contributed by atoms with van der Waals surface area (Å²) in [4.78, 5) is 10.2. The number of anilines is 3. The van der Waals surface area contributed by atoms with Crippen LogP contribution >= 0.6 is 0 Å². The minimum atomic E-state index is -0.405. The fraction of sp³-hybridized carbons (Fsp3) is 0.0769. The van der Waals surface area contributed by atoms with E-state index in [1.54, 1.807) is 18.2 Å². The van der Waals surface area contributed by atoms with Gasteiger partial charge in [-0.15, -0.1) is 0 Å². The third-order valence-electron chi connectivity index (χ3n) is 2.59. The van der Waals surface area contributed by atoms with E-state index in [2.05, 4.69) is 5.32 Å². The van der Waals surface area contributed by atoms with Crippen molar-refractivity contribution in [1.29, 1.82) is 0 Å². The number of benzene rings is 2. The summed E-state index contributed by atoms with van der Waals surface area (Å²) in [7, 11) is 0. The van der Waals surface area contributed by atoms with Crippen LogP contribution in [0.2, 0.25) is 0 Å². The molecule has 0 radical (unpaired) electrons. The molecule has 0 unspecified atom stereocenters. The summed E-state index contributed by atoms with van der Waals surface area (Å²) in [5, 5.41) is 13.8. The molecule has 5 nitrogen and oxygen atoms in total. The molecule has 0 amide bonds. The molecule has 0 fully saturated rings. The first-order valence-corrected chi connectivity index (χ1v) is 5.44. The average Bonchev–Trinajstić information content (AvgIpc) is 2.31. The minimum Gasteiger partial charge on any atom is -0.399 e. The van der Waals surface area contributed by atoms with Gasteiger partial charge in [-0.05, 0) is 36.8 Å². The highest BCUT2D eigenvalue weighted by molar-refractivity contribution is 5.67. The fourth-order valence-corrected chi connectivity index (χ4v) is 1.67. The van der Waals surface area contributed by atoms with E-state index in [9.17, 15) is 10.1 Å². The smallest absolute Gasteiger partial charge is 0.269 e. The van der Waals surface area contributed by atoms with Crippen LogP contribution in [-0.4, -0.2) is 4.92 Å². The van der Waals surface area contributed by atoms with Gasteiger partial charge in [-0.1, -0.05) is 6.07 Å². The van der Waals surface area contributed by atoms with Crippen LogP contribution in [0.15, 0.2) is 42.5 Å². The molecule has 0 spiro atoms. The predicted molar refractivity (Wildman–Crippen MR) is 72.0 cm³/mol. The molecule has 5 heteroatoms. The van der Waals surface area contributed by atoms with Gasteiger partial charge in [0.2, 0.25) is 0 Å². The summed E-state index contributed by atoms with van der Waals surface area (Å²) in [6.07, 6.45) is 0. The van der Waals surface area contributed by atoms with Crippen molar-refractivity contribution < 1.29 is 4.92 Å². The lowest BCUT2D eigenvalue weighted by molar-refractivity contribution is -0.384. The lowest BCUT2D eigenvalue weighted by atomic mass is 10.1. The molecule has 0 saturated heterocycles. The van der Waals surface area contributed by atoms with Gasteiger partial charge in [0.1, 0.15) is 0 Å². The van der Waals surface area contributed by atoms with Crippen LogP contribution in [0.4, 0.5) is 22.7 Å². The lowest BCUT2D eigenvalue weighted by Crippen LogP contribution is -1.96. The standard InChI is InChI=1S/C13H13N3O2/c1-9-7-12(16(17)18)5-6-13(9)15-11-4-2-3-10(14)8-11/h2-8,15H,14H2,1H3. The van der Waals surface area contributed by atoms with Gasteiger partial charge in [0.25, 0.3) is 5.69 Å². The second kappa shape index (κ2) is 4.75. The first-order chi connectivity index (χ1) is 8.56. The monoisotopic (exact) mass is 243 g/mol. The highest BCUT2D eigenvalue weighted by atomic mass is 16.6. The third kappa shape index (κ3) is 2.57. The van der Waals surface area contributed by atoms with Crippen LogP contribution in [0, 0.1) is 17.0 Å². The van der Waals surface area contributed by atoms with Crippen LogP contribution in [-0.2, 0) is 0 Å². The van der Waals surface area contributed by atoms with Crippen LogP contribution in [0.5, 0.6) is 0 Å². The van der Waals surface area contributed by atoms with E-state index in [4.69, 9.17) is 5.73 Å². The molecule has 2 aromatic rings.